The van der Waals surface area contributed by atoms with Crippen LogP contribution in [0.1, 0.15) is 20.3 Å². The Morgan fingerprint density at radius 1 is 1.25 bits per heavy atom. The standard InChI is InChI=1S/C8H16Cl2N2/c1-3-8(2)11-12(6-4-9)7-5-10/h3-7H2,1-2H3. The van der Waals surface area contributed by atoms with E-state index in [9.17, 15) is 0 Å². The second-order valence-corrected chi connectivity index (χ2v) is 3.28. The monoisotopic (exact) mass is 210 g/mol. The second-order valence-electron chi connectivity index (χ2n) is 2.52. The van der Waals surface area contributed by atoms with Gasteiger partial charge in [-0.05, 0) is 13.3 Å². The molecule has 12 heavy (non-hydrogen) atoms. The molecule has 0 atom stereocenters. The zero-order chi connectivity index (χ0) is 9.40. The van der Waals surface area contributed by atoms with Gasteiger partial charge in [0.05, 0.1) is 0 Å². The Kier molecular flexibility index (Phi) is 7.72. The molecule has 0 heterocycles. The lowest BCUT2D eigenvalue weighted by Crippen LogP contribution is -2.23. The van der Waals surface area contributed by atoms with Gasteiger partial charge in [0.2, 0.25) is 0 Å². The van der Waals surface area contributed by atoms with Gasteiger partial charge in [-0.2, -0.15) is 5.10 Å². The van der Waals surface area contributed by atoms with E-state index in [1.54, 1.807) is 0 Å². The van der Waals surface area contributed by atoms with Crippen LogP contribution in [0.4, 0.5) is 0 Å². The molecule has 0 rings (SSSR count). The Balaban J connectivity index is 3.92. The van der Waals surface area contributed by atoms with E-state index >= 15 is 0 Å². The van der Waals surface area contributed by atoms with Crippen LogP contribution in [0.25, 0.3) is 0 Å². The molecule has 0 aromatic carbocycles. The predicted octanol–water partition coefficient (Wildman–Crippen LogP) is 2.55. The maximum absolute atomic E-state index is 5.60. The summed E-state index contributed by atoms with van der Waals surface area (Å²) in [4.78, 5) is 0. The van der Waals surface area contributed by atoms with Gasteiger partial charge < -0.3 is 0 Å². The third-order valence-electron chi connectivity index (χ3n) is 1.51. The molecule has 2 nitrogen and oxygen atoms in total. The molecule has 0 N–H and O–H groups in total. The van der Waals surface area contributed by atoms with E-state index in [4.69, 9.17) is 23.2 Å². The highest BCUT2D eigenvalue weighted by Gasteiger charge is 1.98. The molecule has 0 unspecified atom stereocenters. The zero-order valence-corrected chi connectivity index (χ0v) is 9.20. The topological polar surface area (TPSA) is 15.6 Å². The summed E-state index contributed by atoms with van der Waals surface area (Å²) < 4.78 is 0. The van der Waals surface area contributed by atoms with E-state index in [1.165, 1.54) is 0 Å². The molecular formula is C8H16Cl2N2. The predicted molar refractivity (Wildman–Crippen MR) is 56.4 cm³/mol. The molecule has 0 saturated carbocycles. The van der Waals surface area contributed by atoms with Gasteiger partial charge in [0.25, 0.3) is 0 Å². The van der Waals surface area contributed by atoms with Crippen molar-refractivity contribution in [2.75, 3.05) is 24.8 Å². The number of hydrogen-bond donors (Lipinski definition) is 0. The number of hydrazone groups is 1. The van der Waals surface area contributed by atoms with E-state index in [0.29, 0.717) is 11.8 Å². The average molecular weight is 211 g/mol. The minimum Gasteiger partial charge on any atom is -0.295 e. The number of alkyl halides is 2. The fourth-order valence-corrected chi connectivity index (χ4v) is 1.11. The summed E-state index contributed by atoms with van der Waals surface area (Å²) in [6.45, 7) is 5.63. The average Bonchev–Trinajstić information content (AvgIpc) is 2.05. The molecule has 0 spiro atoms. The van der Waals surface area contributed by atoms with Gasteiger partial charge in [-0.3, -0.25) is 5.01 Å². The highest BCUT2D eigenvalue weighted by Crippen LogP contribution is 1.95. The Hall–Kier alpha value is 0.0500. The SMILES string of the molecule is CCC(C)=NN(CCCl)CCCl. The van der Waals surface area contributed by atoms with E-state index in [1.807, 2.05) is 11.9 Å². The van der Waals surface area contributed by atoms with Crippen molar-refractivity contribution in [1.82, 2.24) is 5.01 Å². The molecule has 0 saturated heterocycles. The van der Waals surface area contributed by atoms with Gasteiger partial charge in [0.1, 0.15) is 0 Å². The van der Waals surface area contributed by atoms with Crippen LogP contribution in [0, 0.1) is 0 Å². The first kappa shape index (κ1) is 12.0. The molecule has 0 bridgehead atoms. The van der Waals surface area contributed by atoms with E-state index in [2.05, 4.69) is 12.0 Å². The van der Waals surface area contributed by atoms with Gasteiger partial charge in [-0.1, -0.05) is 6.92 Å². The van der Waals surface area contributed by atoms with Crippen molar-refractivity contribution in [3.05, 3.63) is 0 Å². The van der Waals surface area contributed by atoms with Crippen LogP contribution >= 0.6 is 23.2 Å². The van der Waals surface area contributed by atoms with Crippen molar-refractivity contribution in [1.29, 1.82) is 0 Å². The largest absolute Gasteiger partial charge is 0.295 e. The first-order chi connectivity index (χ1) is 5.74. The maximum Gasteiger partial charge on any atom is 0.0496 e. The molecule has 0 aromatic heterocycles. The summed E-state index contributed by atoms with van der Waals surface area (Å²) in [5.74, 6) is 1.19. The van der Waals surface area contributed by atoms with Gasteiger partial charge in [0.15, 0.2) is 0 Å². The summed E-state index contributed by atoms with van der Waals surface area (Å²) in [6.07, 6.45) is 0.973. The van der Waals surface area contributed by atoms with E-state index in [0.717, 1.165) is 25.2 Å². The second kappa shape index (κ2) is 7.69. The Labute approximate surface area is 84.5 Å². The molecule has 0 amide bonds. The van der Waals surface area contributed by atoms with Crippen molar-refractivity contribution < 1.29 is 0 Å². The molecule has 0 aliphatic carbocycles. The van der Waals surface area contributed by atoms with Crippen LogP contribution in [-0.4, -0.2) is 35.6 Å². The summed E-state index contributed by atoms with van der Waals surface area (Å²) in [5.41, 5.74) is 1.12. The molecule has 0 aromatic rings. The first-order valence-corrected chi connectivity index (χ1v) is 5.22. The molecule has 0 aliphatic heterocycles. The number of halogens is 2. The lowest BCUT2D eigenvalue weighted by Gasteiger charge is -2.17. The van der Waals surface area contributed by atoms with Crippen LogP contribution < -0.4 is 0 Å². The van der Waals surface area contributed by atoms with Crippen molar-refractivity contribution >= 4 is 28.9 Å². The van der Waals surface area contributed by atoms with Crippen LogP contribution in [0.2, 0.25) is 0 Å². The van der Waals surface area contributed by atoms with Gasteiger partial charge in [-0.25, -0.2) is 0 Å². The van der Waals surface area contributed by atoms with Crippen LogP contribution in [0.5, 0.6) is 0 Å². The quantitative estimate of drug-likeness (QED) is 0.374. The van der Waals surface area contributed by atoms with E-state index in [-0.39, 0.29) is 0 Å². The fraction of sp³-hybridized carbons (Fsp3) is 0.875. The third kappa shape index (κ3) is 5.67. The Bertz CT molecular complexity index is 131. The van der Waals surface area contributed by atoms with E-state index < -0.39 is 0 Å². The van der Waals surface area contributed by atoms with Gasteiger partial charge >= 0.3 is 0 Å². The number of hydrogen-bond acceptors (Lipinski definition) is 2. The van der Waals surface area contributed by atoms with Crippen LogP contribution in [0.15, 0.2) is 5.10 Å². The number of rotatable bonds is 6. The summed E-state index contributed by atoms with van der Waals surface area (Å²) in [6, 6.07) is 0. The van der Waals surface area contributed by atoms with Crippen molar-refractivity contribution in [3.63, 3.8) is 0 Å². The van der Waals surface area contributed by atoms with Crippen LogP contribution in [-0.2, 0) is 0 Å². The highest BCUT2D eigenvalue weighted by atomic mass is 35.5. The molecule has 0 fully saturated rings. The molecular weight excluding hydrogens is 195 g/mol. The zero-order valence-electron chi connectivity index (χ0n) is 7.69. The van der Waals surface area contributed by atoms with Crippen LogP contribution in [0.3, 0.4) is 0 Å². The summed E-state index contributed by atoms with van der Waals surface area (Å²) in [5, 5.41) is 6.27. The normalized spacial score (nSPS) is 11.8. The first-order valence-electron chi connectivity index (χ1n) is 4.15. The number of nitrogens with zero attached hydrogens (tertiary/aromatic N) is 2. The lowest BCUT2D eigenvalue weighted by atomic mass is 10.3. The minimum absolute atomic E-state index is 0.595. The van der Waals surface area contributed by atoms with Gasteiger partial charge in [0, 0.05) is 30.6 Å². The third-order valence-corrected chi connectivity index (χ3v) is 1.85. The highest BCUT2D eigenvalue weighted by molar-refractivity contribution is 6.18. The summed E-state index contributed by atoms with van der Waals surface area (Å²) in [7, 11) is 0. The lowest BCUT2D eigenvalue weighted by molar-refractivity contribution is 0.324. The summed E-state index contributed by atoms with van der Waals surface area (Å²) >= 11 is 11.2. The molecule has 0 aliphatic rings. The fourth-order valence-electron chi connectivity index (χ4n) is 0.719. The molecule has 0 radical (unpaired) electrons. The molecule has 4 heteroatoms. The molecule has 72 valence electrons. The minimum atomic E-state index is 0.595. The maximum atomic E-state index is 5.60. The Morgan fingerprint density at radius 3 is 2.08 bits per heavy atom. The smallest absolute Gasteiger partial charge is 0.0496 e. The van der Waals surface area contributed by atoms with Crippen molar-refractivity contribution in [2.24, 2.45) is 5.10 Å². The van der Waals surface area contributed by atoms with Gasteiger partial charge in [-0.15, -0.1) is 23.2 Å². The van der Waals surface area contributed by atoms with Crippen molar-refractivity contribution in [2.45, 2.75) is 20.3 Å². The van der Waals surface area contributed by atoms with Crippen molar-refractivity contribution in [3.8, 4) is 0 Å². The Morgan fingerprint density at radius 2 is 1.75 bits per heavy atom.